The van der Waals surface area contributed by atoms with Gasteiger partial charge in [-0.05, 0) is 26.0 Å². The SMILES string of the molecule is CN=C(Nc1ccnn1C(C)C)c1ccco1. The molecular weight excluding hydrogens is 216 g/mol. The lowest BCUT2D eigenvalue weighted by molar-refractivity contribution is 0.538. The highest BCUT2D eigenvalue weighted by Crippen LogP contribution is 2.14. The molecule has 5 nitrogen and oxygen atoms in total. The number of rotatable bonds is 3. The summed E-state index contributed by atoms with van der Waals surface area (Å²) < 4.78 is 7.21. The van der Waals surface area contributed by atoms with E-state index < -0.39 is 0 Å². The first-order chi connectivity index (χ1) is 8.22. The normalized spacial score (nSPS) is 12.1. The van der Waals surface area contributed by atoms with Crippen LogP contribution in [0.1, 0.15) is 25.6 Å². The fourth-order valence-corrected chi connectivity index (χ4v) is 1.59. The molecule has 0 bridgehead atoms. The molecule has 2 rings (SSSR count). The van der Waals surface area contributed by atoms with Gasteiger partial charge < -0.3 is 9.73 Å². The number of aromatic nitrogens is 2. The van der Waals surface area contributed by atoms with E-state index in [2.05, 4.69) is 29.3 Å². The van der Waals surface area contributed by atoms with Gasteiger partial charge in [0.25, 0.3) is 0 Å². The number of nitrogens with zero attached hydrogens (tertiary/aromatic N) is 3. The highest BCUT2D eigenvalue weighted by molar-refractivity contribution is 6.05. The topological polar surface area (TPSA) is 55.4 Å². The van der Waals surface area contributed by atoms with Crippen molar-refractivity contribution in [2.45, 2.75) is 19.9 Å². The van der Waals surface area contributed by atoms with Crippen LogP contribution >= 0.6 is 0 Å². The Labute approximate surface area is 100 Å². The summed E-state index contributed by atoms with van der Waals surface area (Å²) in [5, 5.41) is 7.47. The number of hydrogen-bond acceptors (Lipinski definition) is 3. The Kier molecular flexibility index (Phi) is 3.27. The average Bonchev–Trinajstić information content (AvgIpc) is 2.96. The zero-order valence-corrected chi connectivity index (χ0v) is 10.2. The number of amidine groups is 1. The van der Waals surface area contributed by atoms with Crippen LogP contribution in [0.5, 0.6) is 0 Å². The number of hydrogen-bond donors (Lipinski definition) is 1. The molecule has 0 aromatic carbocycles. The molecule has 0 unspecified atom stereocenters. The summed E-state index contributed by atoms with van der Waals surface area (Å²) in [7, 11) is 1.72. The van der Waals surface area contributed by atoms with Crippen LogP contribution in [0.3, 0.4) is 0 Å². The van der Waals surface area contributed by atoms with Gasteiger partial charge >= 0.3 is 0 Å². The predicted molar refractivity (Wildman–Crippen MR) is 67.4 cm³/mol. The Balaban J connectivity index is 2.23. The second-order valence-corrected chi connectivity index (χ2v) is 3.93. The molecule has 90 valence electrons. The van der Waals surface area contributed by atoms with Crippen molar-refractivity contribution in [2.75, 3.05) is 12.4 Å². The molecule has 0 saturated heterocycles. The van der Waals surface area contributed by atoms with Gasteiger partial charge in [-0.15, -0.1) is 0 Å². The Morgan fingerprint density at radius 3 is 2.88 bits per heavy atom. The first-order valence-electron chi connectivity index (χ1n) is 5.53. The molecule has 0 radical (unpaired) electrons. The first kappa shape index (κ1) is 11.4. The van der Waals surface area contributed by atoms with Gasteiger partial charge in [0, 0.05) is 19.2 Å². The zero-order chi connectivity index (χ0) is 12.3. The van der Waals surface area contributed by atoms with Crippen LogP contribution in [0, 0.1) is 0 Å². The number of furan rings is 1. The maximum absolute atomic E-state index is 5.31. The van der Waals surface area contributed by atoms with E-state index in [0.29, 0.717) is 17.6 Å². The maximum Gasteiger partial charge on any atom is 0.170 e. The molecule has 2 aromatic heterocycles. The van der Waals surface area contributed by atoms with Crippen molar-refractivity contribution in [3.8, 4) is 0 Å². The van der Waals surface area contributed by atoms with Crippen molar-refractivity contribution in [1.29, 1.82) is 0 Å². The lowest BCUT2D eigenvalue weighted by atomic mass is 10.4. The van der Waals surface area contributed by atoms with E-state index in [1.807, 2.05) is 22.9 Å². The van der Waals surface area contributed by atoms with Crippen molar-refractivity contribution < 1.29 is 4.42 Å². The van der Waals surface area contributed by atoms with Crippen LogP contribution in [-0.4, -0.2) is 22.7 Å². The van der Waals surface area contributed by atoms with Gasteiger partial charge in [-0.2, -0.15) is 5.10 Å². The van der Waals surface area contributed by atoms with E-state index in [1.54, 1.807) is 19.5 Å². The van der Waals surface area contributed by atoms with E-state index in [4.69, 9.17) is 4.42 Å². The molecular formula is C12H16N4O. The Hall–Kier alpha value is -2.04. The van der Waals surface area contributed by atoms with E-state index in [0.717, 1.165) is 5.82 Å². The van der Waals surface area contributed by atoms with Crippen LogP contribution in [0.4, 0.5) is 5.82 Å². The second kappa shape index (κ2) is 4.86. The third-order valence-corrected chi connectivity index (χ3v) is 2.38. The average molecular weight is 232 g/mol. The largest absolute Gasteiger partial charge is 0.461 e. The molecule has 17 heavy (non-hydrogen) atoms. The molecule has 0 fully saturated rings. The number of anilines is 1. The molecule has 0 saturated carbocycles. The predicted octanol–water partition coefficient (Wildman–Crippen LogP) is 2.55. The van der Waals surface area contributed by atoms with Crippen LogP contribution in [0.15, 0.2) is 40.1 Å². The van der Waals surface area contributed by atoms with Gasteiger partial charge in [0.2, 0.25) is 0 Å². The summed E-state index contributed by atoms with van der Waals surface area (Å²) in [4.78, 5) is 4.18. The van der Waals surface area contributed by atoms with Gasteiger partial charge in [0.1, 0.15) is 5.82 Å². The van der Waals surface area contributed by atoms with E-state index in [9.17, 15) is 0 Å². The van der Waals surface area contributed by atoms with Crippen LogP contribution in [0.2, 0.25) is 0 Å². The van der Waals surface area contributed by atoms with Crippen molar-refractivity contribution in [3.63, 3.8) is 0 Å². The summed E-state index contributed by atoms with van der Waals surface area (Å²) in [6.07, 6.45) is 3.39. The van der Waals surface area contributed by atoms with E-state index >= 15 is 0 Å². The smallest absolute Gasteiger partial charge is 0.170 e. The molecule has 0 aliphatic heterocycles. The summed E-state index contributed by atoms with van der Waals surface area (Å²) in [5.41, 5.74) is 0. The highest BCUT2D eigenvalue weighted by atomic mass is 16.3. The van der Waals surface area contributed by atoms with Crippen molar-refractivity contribution in [1.82, 2.24) is 9.78 Å². The van der Waals surface area contributed by atoms with Crippen molar-refractivity contribution >= 4 is 11.7 Å². The summed E-state index contributed by atoms with van der Waals surface area (Å²) in [6, 6.07) is 5.91. The minimum atomic E-state index is 0.294. The Morgan fingerprint density at radius 2 is 2.29 bits per heavy atom. The maximum atomic E-state index is 5.31. The molecule has 0 aliphatic rings. The van der Waals surface area contributed by atoms with E-state index in [-0.39, 0.29) is 0 Å². The Morgan fingerprint density at radius 1 is 1.47 bits per heavy atom. The molecule has 0 atom stereocenters. The molecule has 0 aliphatic carbocycles. The molecule has 2 aromatic rings. The fourth-order valence-electron chi connectivity index (χ4n) is 1.59. The summed E-state index contributed by atoms with van der Waals surface area (Å²) in [6.45, 7) is 4.15. The van der Waals surface area contributed by atoms with Crippen LogP contribution in [-0.2, 0) is 0 Å². The van der Waals surface area contributed by atoms with Crippen molar-refractivity contribution in [3.05, 3.63) is 36.4 Å². The molecule has 0 spiro atoms. The van der Waals surface area contributed by atoms with Gasteiger partial charge in [-0.1, -0.05) is 0 Å². The van der Waals surface area contributed by atoms with Crippen LogP contribution < -0.4 is 5.32 Å². The highest BCUT2D eigenvalue weighted by Gasteiger charge is 2.10. The fraction of sp³-hybridized carbons (Fsp3) is 0.333. The molecule has 2 heterocycles. The lowest BCUT2D eigenvalue weighted by Gasteiger charge is -2.12. The molecule has 5 heteroatoms. The lowest BCUT2D eigenvalue weighted by Crippen LogP contribution is -2.17. The monoisotopic (exact) mass is 232 g/mol. The summed E-state index contributed by atoms with van der Waals surface area (Å²) in [5.74, 6) is 2.30. The first-order valence-corrected chi connectivity index (χ1v) is 5.53. The van der Waals surface area contributed by atoms with Crippen molar-refractivity contribution in [2.24, 2.45) is 4.99 Å². The van der Waals surface area contributed by atoms with Gasteiger partial charge in [0.05, 0.1) is 12.5 Å². The minimum absolute atomic E-state index is 0.294. The third kappa shape index (κ3) is 2.38. The third-order valence-electron chi connectivity index (χ3n) is 2.38. The van der Waals surface area contributed by atoms with Crippen LogP contribution in [0.25, 0.3) is 0 Å². The van der Waals surface area contributed by atoms with Gasteiger partial charge in [0.15, 0.2) is 11.6 Å². The second-order valence-electron chi connectivity index (χ2n) is 3.93. The van der Waals surface area contributed by atoms with Gasteiger partial charge in [-0.3, -0.25) is 4.99 Å². The van der Waals surface area contributed by atoms with E-state index in [1.165, 1.54) is 0 Å². The molecule has 0 amide bonds. The Bertz CT molecular complexity index is 496. The summed E-state index contributed by atoms with van der Waals surface area (Å²) >= 11 is 0. The zero-order valence-electron chi connectivity index (χ0n) is 10.2. The molecule has 1 N–H and O–H groups in total. The number of aliphatic imine (C=N–C) groups is 1. The standard InChI is InChI=1S/C12H16N4O/c1-9(2)16-11(6-7-14-16)15-12(13-3)10-5-4-8-17-10/h4-9H,1-3H3,(H,13,15). The van der Waals surface area contributed by atoms with Gasteiger partial charge in [-0.25, -0.2) is 4.68 Å². The minimum Gasteiger partial charge on any atom is -0.461 e. The number of nitrogens with one attached hydrogen (secondary N) is 1. The quantitative estimate of drug-likeness (QED) is 0.653.